The summed E-state index contributed by atoms with van der Waals surface area (Å²) in [5.41, 5.74) is 1.24. The fourth-order valence-electron chi connectivity index (χ4n) is 2.37. The molecule has 0 bridgehead atoms. The number of carbonyl (C=O) groups is 1. The lowest BCUT2D eigenvalue weighted by Gasteiger charge is -2.07. The van der Waals surface area contributed by atoms with Crippen molar-refractivity contribution >= 4 is 5.97 Å². The molecule has 0 unspecified atom stereocenters. The smallest absolute Gasteiger partial charge is 0.343 e. The number of nitrogens with zero attached hydrogens (tertiary/aromatic N) is 1. The van der Waals surface area contributed by atoms with Gasteiger partial charge < -0.3 is 9.47 Å². The van der Waals surface area contributed by atoms with E-state index < -0.39 is 11.8 Å². The summed E-state index contributed by atoms with van der Waals surface area (Å²) in [6.07, 6.45) is 4.66. The van der Waals surface area contributed by atoms with Crippen LogP contribution in [-0.2, 0) is 11.3 Å². The zero-order valence-electron chi connectivity index (χ0n) is 14.8. The van der Waals surface area contributed by atoms with Gasteiger partial charge >= 0.3 is 5.97 Å². The molecule has 0 amide bonds. The van der Waals surface area contributed by atoms with E-state index in [0.29, 0.717) is 12.2 Å². The molecule has 0 aliphatic rings. The fourth-order valence-corrected chi connectivity index (χ4v) is 2.37. The first-order valence-electron chi connectivity index (χ1n) is 8.72. The molecule has 0 aromatic heterocycles. The number of hydrogen-bond donors (Lipinski definition) is 0. The Balaban J connectivity index is 1.84. The largest absolute Gasteiger partial charge is 0.423 e. The van der Waals surface area contributed by atoms with E-state index in [1.54, 1.807) is 18.2 Å². The topological polar surface area (TPSA) is 59.3 Å². The van der Waals surface area contributed by atoms with Crippen molar-refractivity contribution in [2.24, 2.45) is 0 Å². The molecule has 0 spiro atoms. The van der Waals surface area contributed by atoms with Crippen LogP contribution in [0.4, 0.5) is 4.39 Å². The average molecular weight is 355 g/mol. The second-order valence-corrected chi connectivity index (χ2v) is 5.95. The predicted octanol–water partition coefficient (Wildman–Crippen LogP) is 5.01. The van der Waals surface area contributed by atoms with Gasteiger partial charge in [-0.1, -0.05) is 38.3 Å². The number of hydrogen-bond acceptors (Lipinski definition) is 4. The monoisotopic (exact) mass is 355 g/mol. The first-order chi connectivity index (χ1) is 12.6. The summed E-state index contributed by atoms with van der Waals surface area (Å²) in [7, 11) is 0. The van der Waals surface area contributed by atoms with Crippen LogP contribution in [0.3, 0.4) is 0 Å². The lowest BCUT2D eigenvalue weighted by molar-refractivity contribution is 0.0734. The van der Waals surface area contributed by atoms with Crippen LogP contribution >= 0.6 is 0 Å². The second-order valence-electron chi connectivity index (χ2n) is 5.95. The summed E-state index contributed by atoms with van der Waals surface area (Å²) in [6.45, 7) is 3.40. The van der Waals surface area contributed by atoms with Gasteiger partial charge in [-0.2, -0.15) is 5.26 Å². The van der Waals surface area contributed by atoms with Gasteiger partial charge in [0.15, 0.2) is 0 Å². The number of unbranched alkanes of at least 4 members (excludes halogenated alkanes) is 3. The van der Waals surface area contributed by atoms with Gasteiger partial charge in [0, 0.05) is 12.7 Å². The Bertz CT molecular complexity index is 766. The van der Waals surface area contributed by atoms with Crippen molar-refractivity contribution in [2.75, 3.05) is 6.61 Å². The molecule has 0 fully saturated rings. The Labute approximate surface area is 153 Å². The molecule has 5 heteroatoms. The normalized spacial score (nSPS) is 10.3. The maximum Gasteiger partial charge on any atom is 0.343 e. The third kappa shape index (κ3) is 5.98. The van der Waals surface area contributed by atoms with Crippen LogP contribution in [-0.4, -0.2) is 12.6 Å². The number of benzene rings is 2. The molecule has 2 rings (SSSR count). The summed E-state index contributed by atoms with van der Waals surface area (Å²) in [6, 6.07) is 12.3. The number of rotatable bonds is 9. The number of halogens is 1. The van der Waals surface area contributed by atoms with E-state index >= 15 is 0 Å². The van der Waals surface area contributed by atoms with Gasteiger partial charge in [0.25, 0.3) is 0 Å². The van der Waals surface area contributed by atoms with E-state index in [0.717, 1.165) is 24.7 Å². The molecule has 2 aromatic rings. The molecule has 136 valence electrons. The minimum atomic E-state index is -0.718. The van der Waals surface area contributed by atoms with Crippen LogP contribution in [0.25, 0.3) is 0 Å². The van der Waals surface area contributed by atoms with E-state index in [9.17, 15) is 9.18 Å². The molecule has 0 N–H and O–H groups in total. The predicted molar refractivity (Wildman–Crippen MR) is 96.3 cm³/mol. The summed E-state index contributed by atoms with van der Waals surface area (Å²) in [5.74, 6) is -1.24. The van der Waals surface area contributed by atoms with Gasteiger partial charge in [0.05, 0.1) is 17.7 Å². The zero-order valence-corrected chi connectivity index (χ0v) is 14.8. The van der Waals surface area contributed by atoms with Crippen molar-refractivity contribution in [1.29, 1.82) is 5.26 Å². The highest BCUT2D eigenvalue weighted by Crippen LogP contribution is 2.18. The first kappa shape index (κ1) is 19.6. The van der Waals surface area contributed by atoms with Gasteiger partial charge in [-0.15, -0.1) is 0 Å². The molecule has 0 aliphatic heterocycles. The van der Waals surface area contributed by atoms with Crippen molar-refractivity contribution in [2.45, 2.75) is 39.2 Å². The van der Waals surface area contributed by atoms with Gasteiger partial charge in [0.1, 0.15) is 17.6 Å². The number of esters is 1. The second kappa shape index (κ2) is 10.3. The SMILES string of the molecule is CCCCCCOCc1ccc(C(=O)Oc2ccc(C#N)c(F)c2)cc1. The first-order valence-corrected chi connectivity index (χ1v) is 8.72. The Kier molecular flexibility index (Phi) is 7.78. The van der Waals surface area contributed by atoms with Crippen molar-refractivity contribution in [3.05, 3.63) is 65.0 Å². The van der Waals surface area contributed by atoms with Gasteiger partial charge in [-0.05, 0) is 36.2 Å². The van der Waals surface area contributed by atoms with Crippen LogP contribution < -0.4 is 4.74 Å². The molecule has 2 aromatic carbocycles. The van der Waals surface area contributed by atoms with Crippen LogP contribution in [0.15, 0.2) is 42.5 Å². The van der Waals surface area contributed by atoms with E-state index in [1.807, 2.05) is 12.1 Å². The van der Waals surface area contributed by atoms with Crippen molar-refractivity contribution < 1.29 is 18.7 Å². The van der Waals surface area contributed by atoms with E-state index in [-0.39, 0.29) is 11.3 Å². The van der Waals surface area contributed by atoms with Crippen LogP contribution in [0, 0.1) is 17.1 Å². The number of ether oxygens (including phenoxy) is 2. The molecular formula is C21H22FNO3. The van der Waals surface area contributed by atoms with Gasteiger partial charge in [-0.25, -0.2) is 9.18 Å². The summed E-state index contributed by atoms with van der Waals surface area (Å²) < 4.78 is 24.3. The maximum atomic E-state index is 13.5. The van der Waals surface area contributed by atoms with E-state index in [2.05, 4.69) is 6.92 Å². The summed E-state index contributed by atoms with van der Waals surface area (Å²) in [4.78, 5) is 12.1. The maximum absolute atomic E-state index is 13.5. The fraction of sp³-hybridized carbons (Fsp3) is 0.333. The quantitative estimate of drug-likeness (QED) is 0.360. The summed E-state index contributed by atoms with van der Waals surface area (Å²) in [5, 5.41) is 8.70. The minimum absolute atomic E-state index is 0.0611. The molecule has 4 nitrogen and oxygen atoms in total. The van der Waals surface area contributed by atoms with Crippen molar-refractivity contribution in [1.82, 2.24) is 0 Å². The molecule has 0 saturated carbocycles. The molecular weight excluding hydrogens is 333 g/mol. The number of nitriles is 1. The van der Waals surface area contributed by atoms with Gasteiger partial charge in [-0.3, -0.25) is 0 Å². The molecule has 0 saturated heterocycles. The highest BCUT2D eigenvalue weighted by atomic mass is 19.1. The van der Waals surface area contributed by atoms with E-state index in [4.69, 9.17) is 14.7 Å². The molecule has 26 heavy (non-hydrogen) atoms. The van der Waals surface area contributed by atoms with Crippen LogP contribution in [0.5, 0.6) is 5.75 Å². The highest BCUT2D eigenvalue weighted by Gasteiger charge is 2.10. The Morgan fingerprint density at radius 2 is 1.88 bits per heavy atom. The third-order valence-corrected chi connectivity index (χ3v) is 3.87. The van der Waals surface area contributed by atoms with Crippen LogP contribution in [0.2, 0.25) is 0 Å². The minimum Gasteiger partial charge on any atom is -0.423 e. The highest BCUT2D eigenvalue weighted by molar-refractivity contribution is 5.91. The molecule has 0 aliphatic carbocycles. The van der Waals surface area contributed by atoms with Crippen LogP contribution in [0.1, 0.15) is 54.1 Å². The Morgan fingerprint density at radius 1 is 1.12 bits per heavy atom. The average Bonchev–Trinajstić information content (AvgIpc) is 2.65. The van der Waals surface area contributed by atoms with Crippen molar-refractivity contribution in [3.8, 4) is 11.8 Å². The van der Waals surface area contributed by atoms with Gasteiger partial charge in [0.2, 0.25) is 0 Å². The lowest BCUT2D eigenvalue weighted by Crippen LogP contribution is -2.09. The lowest BCUT2D eigenvalue weighted by atomic mass is 10.1. The Hall–Kier alpha value is -2.71. The summed E-state index contributed by atoms with van der Waals surface area (Å²) >= 11 is 0. The third-order valence-electron chi connectivity index (χ3n) is 3.87. The van der Waals surface area contributed by atoms with Crippen molar-refractivity contribution in [3.63, 3.8) is 0 Å². The Morgan fingerprint density at radius 3 is 2.54 bits per heavy atom. The number of carbonyl (C=O) groups excluding carboxylic acids is 1. The zero-order chi connectivity index (χ0) is 18.8. The molecule has 0 atom stereocenters. The molecule has 0 heterocycles. The standard InChI is InChI=1S/C21H22FNO3/c1-2-3-4-5-12-25-15-16-6-8-17(9-7-16)21(24)26-19-11-10-18(14-23)20(22)13-19/h6-11,13H,2-5,12,15H2,1H3. The van der Waals surface area contributed by atoms with E-state index in [1.165, 1.54) is 31.4 Å². The molecule has 0 radical (unpaired) electrons.